The average Bonchev–Trinajstić information content (AvgIpc) is 2.61. The van der Waals surface area contributed by atoms with Gasteiger partial charge in [-0.25, -0.2) is 0 Å². The van der Waals surface area contributed by atoms with Crippen LogP contribution in [0.2, 0.25) is 0 Å². The van der Waals surface area contributed by atoms with Gasteiger partial charge in [0.25, 0.3) is 11.8 Å². The highest BCUT2D eigenvalue weighted by atomic mass is 16.2. The Morgan fingerprint density at radius 1 is 1.04 bits per heavy atom. The van der Waals surface area contributed by atoms with Gasteiger partial charge in [-0.2, -0.15) is 0 Å². The maximum Gasteiger partial charge on any atom is 0.279 e. The van der Waals surface area contributed by atoms with Gasteiger partial charge >= 0.3 is 0 Å². The van der Waals surface area contributed by atoms with Crippen LogP contribution in [0.25, 0.3) is 0 Å². The molecule has 0 aliphatic carbocycles. The van der Waals surface area contributed by atoms with Crippen molar-refractivity contribution in [1.29, 1.82) is 0 Å². The van der Waals surface area contributed by atoms with E-state index in [1.807, 2.05) is 75.5 Å². The molecule has 2 amide bonds. The number of quaternary nitrogens is 1. The molecule has 0 saturated heterocycles. The van der Waals surface area contributed by atoms with Crippen LogP contribution in [0, 0.1) is 6.92 Å². The number of nitrogens with one attached hydrogen (secondary N) is 3. The fourth-order valence-electron chi connectivity index (χ4n) is 2.41. The van der Waals surface area contributed by atoms with E-state index in [1.54, 1.807) is 0 Å². The second-order valence-electron chi connectivity index (χ2n) is 6.36. The van der Waals surface area contributed by atoms with Crippen molar-refractivity contribution in [1.82, 2.24) is 5.32 Å². The molecular weight excluding hydrogens is 314 g/mol. The number of carbonyl (C=O) groups excluding carboxylic acids is 2. The number of hydrogen-bond acceptors (Lipinski definition) is 2. The number of anilines is 1. The summed E-state index contributed by atoms with van der Waals surface area (Å²) in [4.78, 5) is 25.3. The van der Waals surface area contributed by atoms with Gasteiger partial charge in [0, 0.05) is 12.2 Å². The summed E-state index contributed by atoms with van der Waals surface area (Å²) >= 11 is 0. The molecule has 2 aromatic rings. The van der Waals surface area contributed by atoms with E-state index in [2.05, 4.69) is 10.6 Å². The zero-order valence-corrected chi connectivity index (χ0v) is 15.0. The van der Waals surface area contributed by atoms with Crippen molar-refractivity contribution in [2.75, 3.05) is 18.9 Å². The lowest BCUT2D eigenvalue weighted by Gasteiger charge is -2.20. The SMILES string of the molecule is Cc1ccc(NC(=O)C[NH+](C)[C@H](C)C(=O)NCc2ccccc2)cc1. The van der Waals surface area contributed by atoms with Crippen LogP contribution in [0.3, 0.4) is 0 Å². The molecular formula is C20H26N3O2+. The van der Waals surface area contributed by atoms with Crippen molar-refractivity contribution < 1.29 is 14.5 Å². The van der Waals surface area contributed by atoms with Crippen molar-refractivity contribution >= 4 is 17.5 Å². The van der Waals surface area contributed by atoms with Crippen molar-refractivity contribution in [3.63, 3.8) is 0 Å². The van der Waals surface area contributed by atoms with E-state index in [0.29, 0.717) is 6.54 Å². The van der Waals surface area contributed by atoms with Crippen LogP contribution in [-0.2, 0) is 16.1 Å². The Kier molecular flexibility index (Phi) is 6.71. The third-order valence-corrected chi connectivity index (χ3v) is 4.22. The van der Waals surface area contributed by atoms with Gasteiger partial charge in [0.1, 0.15) is 0 Å². The molecule has 2 atom stereocenters. The molecule has 0 bridgehead atoms. The van der Waals surface area contributed by atoms with Crippen LogP contribution in [-0.4, -0.2) is 31.4 Å². The molecule has 0 fully saturated rings. The molecule has 0 spiro atoms. The molecule has 0 heterocycles. The molecule has 0 aliphatic heterocycles. The van der Waals surface area contributed by atoms with E-state index in [4.69, 9.17) is 0 Å². The van der Waals surface area contributed by atoms with E-state index in [0.717, 1.165) is 21.7 Å². The summed E-state index contributed by atoms with van der Waals surface area (Å²) in [7, 11) is 1.85. The maximum absolute atomic E-state index is 12.3. The quantitative estimate of drug-likeness (QED) is 0.708. The zero-order valence-electron chi connectivity index (χ0n) is 15.0. The molecule has 0 saturated carbocycles. The fourth-order valence-corrected chi connectivity index (χ4v) is 2.41. The Morgan fingerprint density at radius 3 is 2.32 bits per heavy atom. The van der Waals surface area contributed by atoms with Crippen molar-refractivity contribution in [2.24, 2.45) is 0 Å². The summed E-state index contributed by atoms with van der Waals surface area (Å²) in [6, 6.07) is 17.1. The average molecular weight is 340 g/mol. The Bertz CT molecular complexity index is 699. The van der Waals surface area contributed by atoms with E-state index >= 15 is 0 Å². The van der Waals surface area contributed by atoms with Crippen LogP contribution in [0.15, 0.2) is 54.6 Å². The number of carbonyl (C=O) groups is 2. The number of likely N-dealkylation sites (N-methyl/N-ethyl adjacent to an activating group) is 1. The first-order valence-electron chi connectivity index (χ1n) is 8.46. The summed E-state index contributed by atoms with van der Waals surface area (Å²) in [6.07, 6.45) is 0. The topological polar surface area (TPSA) is 62.6 Å². The Labute approximate surface area is 149 Å². The Balaban J connectivity index is 1.80. The van der Waals surface area contributed by atoms with E-state index < -0.39 is 0 Å². The molecule has 2 aromatic carbocycles. The molecule has 0 aliphatic rings. The second kappa shape index (κ2) is 8.99. The highest BCUT2D eigenvalue weighted by Crippen LogP contribution is 2.07. The molecule has 0 radical (unpaired) electrons. The third-order valence-electron chi connectivity index (χ3n) is 4.22. The van der Waals surface area contributed by atoms with E-state index in [9.17, 15) is 9.59 Å². The lowest BCUT2D eigenvalue weighted by atomic mass is 10.2. The zero-order chi connectivity index (χ0) is 18.2. The minimum absolute atomic E-state index is 0.0653. The maximum atomic E-state index is 12.3. The molecule has 5 heteroatoms. The normalized spacial score (nSPS) is 12.9. The lowest BCUT2D eigenvalue weighted by Crippen LogP contribution is -3.15. The largest absolute Gasteiger partial charge is 0.347 e. The van der Waals surface area contributed by atoms with E-state index in [-0.39, 0.29) is 24.4 Å². The molecule has 1 unspecified atom stereocenters. The van der Waals surface area contributed by atoms with Crippen LogP contribution in [0.1, 0.15) is 18.1 Å². The first-order valence-corrected chi connectivity index (χ1v) is 8.46. The van der Waals surface area contributed by atoms with Crippen LogP contribution in [0.4, 0.5) is 5.69 Å². The molecule has 132 valence electrons. The van der Waals surface area contributed by atoms with Crippen molar-refractivity contribution in [2.45, 2.75) is 26.4 Å². The van der Waals surface area contributed by atoms with Crippen molar-refractivity contribution in [3.05, 3.63) is 65.7 Å². The Morgan fingerprint density at radius 2 is 1.68 bits per heavy atom. The minimum atomic E-state index is -0.313. The Hall–Kier alpha value is -2.66. The predicted molar refractivity (Wildman–Crippen MR) is 99.3 cm³/mol. The fraction of sp³-hybridized carbons (Fsp3) is 0.300. The molecule has 0 aromatic heterocycles. The van der Waals surface area contributed by atoms with Gasteiger partial charge in [-0.1, -0.05) is 48.0 Å². The molecule has 3 N–H and O–H groups in total. The molecule has 2 rings (SSSR count). The van der Waals surface area contributed by atoms with Gasteiger partial charge in [0.2, 0.25) is 0 Å². The summed E-state index contributed by atoms with van der Waals surface area (Å²) < 4.78 is 0. The number of aryl methyl sites for hydroxylation is 1. The lowest BCUT2D eigenvalue weighted by molar-refractivity contribution is -0.885. The highest BCUT2D eigenvalue weighted by molar-refractivity contribution is 5.91. The highest BCUT2D eigenvalue weighted by Gasteiger charge is 2.23. The van der Waals surface area contributed by atoms with Gasteiger partial charge in [0.15, 0.2) is 12.6 Å². The van der Waals surface area contributed by atoms with Gasteiger partial charge in [-0.05, 0) is 31.5 Å². The number of benzene rings is 2. The standard InChI is InChI=1S/C20H25N3O2/c1-15-9-11-18(12-10-15)22-19(24)14-23(3)16(2)20(25)21-13-17-7-5-4-6-8-17/h4-12,16H,13-14H2,1-3H3,(H,21,25)(H,22,24)/p+1/t16-/m1/s1. The summed E-state index contributed by atoms with van der Waals surface area (Å²) in [5, 5.41) is 5.78. The van der Waals surface area contributed by atoms with Crippen molar-refractivity contribution in [3.8, 4) is 0 Å². The second-order valence-corrected chi connectivity index (χ2v) is 6.36. The molecule has 25 heavy (non-hydrogen) atoms. The number of amides is 2. The third kappa shape index (κ3) is 6.04. The summed E-state index contributed by atoms with van der Waals surface area (Å²) in [5.74, 6) is -0.173. The van der Waals surface area contributed by atoms with Gasteiger partial charge < -0.3 is 15.5 Å². The van der Waals surface area contributed by atoms with Gasteiger partial charge in [-0.3, -0.25) is 9.59 Å². The number of rotatable bonds is 7. The first-order chi connectivity index (χ1) is 12.0. The van der Waals surface area contributed by atoms with Crippen LogP contribution in [0.5, 0.6) is 0 Å². The molecule has 5 nitrogen and oxygen atoms in total. The van der Waals surface area contributed by atoms with E-state index in [1.165, 1.54) is 0 Å². The van der Waals surface area contributed by atoms with Crippen LogP contribution < -0.4 is 15.5 Å². The van der Waals surface area contributed by atoms with Crippen LogP contribution >= 0.6 is 0 Å². The number of hydrogen-bond donors (Lipinski definition) is 3. The smallest absolute Gasteiger partial charge is 0.279 e. The summed E-state index contributed by atoms with van der Waals surface area (Å²) in [6.45, 7) is 4.55. The first kappa shape index (κ1) is 18.7. The van der Waals surface area contributed by atoms with Gasteiger partial charge in [0.05, 0.1) is 7.05 Å². The monoisotopic (exact) mass is 340 g/mol. The summed E-state index contributed by atoms with van der Waals surface area (Å²) in [5.41, 5.74) is 2.96. The minimum Gasteiger partial charge on any atom is -0.347 e. The predicted octanol–water partition coefficient (Wildman–Crippen LogP) is 1.15. The van der Waals surface area contributed by atoms with Gasteiger partial charge in [-0.15, -0.1) is 0 Å².